The fraction of sp³-hybridized carbons (Fsp3) is 0.235. The van der Waals surface area contributed by atoms with Crippen molar-refractivity contribution in [2.45, 2.75) is 13.0 Å². The van der Waals surface area contributed by atoms with Crippen molar-refractivity contribution in [3.05, 3.63) is 65.7 Å². The number of aryl methyl sites for hydroxylation is 1. The van der Waals surface area contributed by atoms with Crippen molar-refractivity contribution < 1.29 is 4.74 Å². The predicted octanol–water partition coefficient (Wildman–Crippen LogP) is 3.11. The van der Waals surface area contributed by atoms with Gasteiger partial charge in [0.15, 0.2) is 5.96 Å². The average molecular weight is 283 g/mol. The van der Waals surface area contributed by atoms with Crippen LogP contribution in [0.3, 0.4) is 0 Å². The molecule has 4 nitrogen and oxygen atoms in total. The first kappa shape index (κ1) is 15.1. The smallest absolute Gasteiger partial charge is 0.193 e. The molecule has 0 aliphatic rings. The van der Waals surface area contributed by atoms with Crippen molar-refractivity contribution >= 4 is 11.6 Å². The highest BCUT2D eigenvalue weighted by molar-refractivity contribution is 5.92. The van der Waals surface area contributed by atoms with Crippen LogP contribution < -0.4 is 11.1 Å². The third kappa shape index (κ3) is 4.61. The maximum absolute atomic E-state index is 5.92. The van der Waals surface area contributed by atoms with Gasteiger partial charge in [-0.05, 0) is 30.2 Å². The molecule has 0 amide bonds. The molecule has 2 rings (SSSR count). The van der Waals surface area contributed by atoms with Crippen molar-refractivity contribution in [3.8, 4) is 0 Å². The normalized spacial score (nSPS) is 13.0. The van der Waals surface area contributed by atoms with E-state index in [0.717, 1.165) is 11.3 Å². The van der Waals surface area contributed by atoms with Crippen LogP contribution >= 0.6 is 0 Å². The van der Waals surface area contributed by atoms with E-state index >= 15 is 0 Å². The van der Waals surface area contributed by atoms with E-state index in [-0.39, 0.29) is 6.10 Å². The molecule has 0 fully saturated rings. The van der Waals surface area contributed by atoms with Gasteiger partial charge < -0.3 is 15.8 Å². The highest BCUT2D eigenvalue weighted by Crippen LogP contribution is 2.16. The van der Waals surface area contributed by atoms with E-state index in [1.54, 1.807) is 7.11 Å². The van der Waals surface area contributed by atoms with E-state index in [1.807, 2.05) is 61.5 Å². The first-order valence-electron chi connectivity index (χ1n) is 6.90. The summed E-state index contributed by atoms with van der Waals surface area (Å²) in [4.78, 5) is 4.35. The molecule has 0 saturated heterocycles. The lowest BCUT2D eigenvalue weighted by Gasteiger charge is -2.14. The molecule has 2 aromatic rings. The number of nitrogens with two attached hydrogens (primary N) is 1. The number of anilines is 1. The molecule has 0 heterocycles. The molecular weight excluding hydrogens is 262 g/mol. The largest absolute Gasteiger partial charge is 0.375 e. The summed E-state index contributed by atoms with van der Waals surface area (Å²) >= 11 is 0. The number of rotatable bonds is 5. The van der Waals surface area contributed by atoms with Gasteiger partial charge in [0.1, 0.15) is 6.10 Å². The van der Waals surface area contributed by atoms with Crippen molar-refractivity contribution in [1.29, 1.82) is 0 Å². The Balaban J connectivity index is 1.99. The third-order valence-electron chi connectivity index (χ3n) is 3.17. The molecule has 0 saturated carbocycles. The maximum Gasteiger partial charge on any atom is 0.193 e. The van der Waals surface area contributed by atoms with Crippen molar-refractivity contribution in [2.75, 3.05) is 19.0 Å². The SMILES string of the molecule is COC(CN=C(N)Nc1cccc(C)c1)c1ccccc1. The number of aliphatic imine (C=N–C) groups is 1. The zero-order valence-electron chi connectivity index (χ0n) is 12.4. The number of nitrogens with one attached hydrogen (secondary N) is 1. The number of nitrogens with zero attached hydrogens (tertiary/aromatic N) is 1. The minimum absolute atomic E-state index is 0.0935. The van der Waals surface area contributed by atoms with E-state index in [4.69, 9.17) is 10.5 Å². The van der Waals surface area contributed by atoms with Gasteiger partial charge in [-0.1, -0.05) is 42.5 Å². The summed E-state index contributed by atoms with van der Waals surface area (Å²) in [5.41, 5.74) is 9.12. The Kier molecular flexibility index (Phi) is 5.35. The summed E-state index contributed by atoms with van der Waals surface area (Å²) < 4.78 is 5.47. The number of methoxy groups -OCH3 is 1. The van der Waals surface area contributed by atoms with Crippen LogP contribution in [0.5, 0.6) is 0 Å². The summed E-state index contributed by atoms with van der Waals surface area (Å²) in [7, 11) is 1.68. The maximum atomic E-state index is 5.92. The zero-order valence-corrected chi connectivity index (χ0v) is 12.4. The molecule has 2 aromatic carbocycles. The Morgan fingerprint density at radius 1 is 1.19 bits per heavy atom. The first-order chi connectivity index (χ1) is 10.2. The fourth-order valence-corrected chi connectivity index (χ4v) is 2.08. The first-order valence-corrected chi connectivity index (χ1v) is 6.90. The van der Waals surface area contributed by atoms with E-state index in [9.17, 15) is 0 Å². The molecule has 0 bridgehead atoms. The third-order valence-corrected chi connectivity index (χ3v) is 3.17. The highest BCUT2D eigenvalue weighted by atomic mass is 16.5. The molecular formula is C17H21N3O. The van der Waals surface area contributed by atoms with Crippen LogP contribution in [0, 0.1) is 6.92 Å². The van der Waals surface area contributed by atoms with Gasteiger partial charge in [0.2, 0.25) is 0 Å². The zero-order chi connectivity index (χ0) is 15.1. The van der Waals surface area contributed by atoms with Crippen LogP contribution in [-0.2, 0) is 4.74 Å². The summed E-state index contributed by atoms with van der Waals surface area (Å²) in [5, 5.41) is 3.09. The highest BCUT2D eigenvalue weighted by Gasteiger charge is 2.09. The van der Waals surface area contributed by atoms with Gasteiger partial charge in [-0.2, -0.15) is 0 Å². The topological polar surface area (TPSA) is 59.6 Å². The van der Waals surface area contributed by atoms with E-state index in [1.165, 1.54) is 5.56 Å². The van der Waals surface area contributed by atoms with Crippen molar-refractivity contribution in [3.63, 3.8) is 0 Å². The lowest BCUT2D eigenvalue weighted by molar-refractivity contribution is 0.111. The van der Waals surface area contributed by atoms with Gasteiger partial charge in [0.25, 0.3) is 0 Å². The van der Waals surface area contributed by atoms with Crippen LogP contribution in [0.15, 0.2) is 59.6 Å². The van der Waals surface area contributed by atoms with E-state index in [0.29, 0.717) is 12.5 Å². The number of guanidine groups is 1. The van der Waals surface area contributed by atoms with E-state index in [2.05, 4.69) is 10.3 Å². The van der Waals surface area contributed by atoms with Gasteiger partial charge in [0.05, 0.1) is 6.54 Å². The molecule has 0 aliphatic heterocycles. The molecule has 0 radical (unpaired) electrons. The summed E-state index contributed by atoms with van der Waals surface area (Å²) in [6.45, 7) is 2.51. The van der Waals surface area contributed by atoms with Gasteiger partial charge in [0, 0.05) is 12.8 Å². The van der Waals surface area contributed by atoms with Gasteiger partial charge in [-0.3, -0.25) is 4.99 Å². The molecule has 1 atom stereocenters. The summed E-state index contributed by atoms with van der Waals surface area (Å²) in [6, 6.07) is 18.0. The Hall–Kier alpha value is -2.33. The molecule has 0 spiro atoms. The fourth-order valence-electron chi connectivity index (χ4n) is 2.08. The quantitative estimate of drug-likeness (QED) is 0.655. The molecule has 110 valence electrons. The van der Waals surface area contributed by atoms with Crippen LogP contribution in [0.2, 0.25) is 0 Å². The number of benzene rings is 2. The van der Waals surface area contributed by atoms with Crippen LogP contribution in [0.1, 0.15) is 17.2 Å². The summed E-state index contributed by atoms with van der Waals surface area (Å²) in [5.74, 6) is 0.388. The molecule has 3 N–H and O–H groups in total. The average Bonchev–Trinajstić information content (AvgIpc) is 2.49. The van der Waals surface area contributed by atoms with Gasteiger partial charge in [-0.25, -0.2) is 0 Å². The van der Waals surface area contributed by atoms with Crippen molar-refractivity contribution in [2.24, 2.45) is 10.7 Å². The van der Waals surface area contributed by atoms with Crippen molar-refractivity contribution in [1.82, 2.24) is 0 Å². The van der Waals surface area contributed by atoms with Gasteiger partial charge >= 0.3 is 0 Å². The minimum Gasteiger partial charge on any atom is -0.375 e. The van der Waals surface area contributed by atoms with Gasteiger partial charge in [-0.15, -0.1) is 0 Å². The Morgan fingerprint density at radius 3 is 2.62 bits per heavy atom. The number of ether oxygens (including phenoxy) is 1. The summed E-state index contributed by atoms with van der Waals surface area (Å²) in [6.07, 6.45) is -0.0935. The number of hydrogen-bond donors (Lipinski definition) is 2. The molecule has 21 heavy (non-hydrogen) atoms. The second kappa shape index (κ2) is 7.45. The monoisotopic (exact) mass is 283 g/mol. The number of hydrogen-bond acceptors (Lipinski definition) is 2. The Morgan fingerprint density at radius 2 is 1.95 bits per heavy atom. The minimum atomic E-state index is -0.0935. The lowest BCUT2D eigenvalue weighted by Crippen LogP contribution is -2.23. The predicted molar refractivity (Wildman–Crippen MR) is 87.5 cm³/mol. The van der Waals surface area contributed by atoms with Crippen LogP contribution in [0.25, 0.3) is 0 Å². The Bertz CT molecular complexity index is 596. The van der Waals surface area contributed by atoms with Crippen LogP contribution in [0.4, 0.5) is 5.69 Å². The standard InChI is InChI=1S/C17H21N3O/c1-13-7-6-10-15(11-13)20-17(18)19-12-16(21-2)14-8-4-3-5-9-14/h3-11,16H,12H2,1-2H3,(H3,18,19,20). The molecule has 0 aliphatic carbocycles. The molecule has 0 aromatic heterocycles. The molecule has 1 unspecified atom stereocenters. The second-order valence-corrected chi connectivity index (χ2v) is 4.86. The Labute approximate surface area is 125 Å². The lowest BCUT2D eigenvalue weighted by atomic mass is 10.1. The second-order valence-electron chi connectivity index (χ2n) is 4.86. The van der Waals surface area contributed by atoms with E-state index < -0.39 is 0 Å². The molecule has 4 heteroatoms. The van der Waals surface area contributed by atoms with Crippen LogP contribution in [-0.4, -0.2) is 19.6 Å².